The SMILES string of the molecule is Cc1ccc(C(NC(C)C)c2nc(C(C)(C)C)cs2)cc1. The summed E-state index contributed by atoms with van der Waals surface area (Å²) >= 11 is 1.75. The summed E-state index contributed by atoms with van der Waals surface area (Å²) in [6.07, 6.45) is 0. The van der Waals surface area contributed by atoms with Gasteiger partial charge in [0.05, 0.1) is 11.7 Å². The van der Waals surface area contributed by atoms with Crippen LogP contribution in [0.5, 0.6) is 0 Å². The lowest BCUT2D eigenvalue weighted by molar-refractivity contribution is 0.519. The van der Waals surface area contributed by atoms with Crippen LogP contribution in [0.4, 0.5) is 0 Å². The Morgan fingerprint density at radius 2 is 1.71 bits per heavy atom. The Morgan fingerprint density at radius 3 is 2.19 bits per heavy atom. The molecule has 0 aliphatic heterocycles. The lowest BCUT2D eigenvalue weighted by atomic mass is 9.93. The first-order chi connectivity index (χ1) is 9.77. The second-order valence-electron chi connectivity index (χ2n) is 6.99. The Hall–Kier alpha value is -1.19. The lowest BCUT2D eigenvalue weighted by Crippen LogP contribution is -2.29. The van der Waals surface area contributed by atoms with Crippen molar-refractivity contribution in [2.24, 2.45) is 0 Å². The molecule has 21 heavy (non-hydrogen) atoms. The molecule has 0 bridgehead atoms. The zero-order chi connectivity index (χ0) is 15.6. The molecule has 1 unspecified atom stereocenters. The normalized spacial score (nSPS) is 13.7. The minimum absolute atomic E-state index is 0.102. The number of nitrogens with one attached hydrogen (secondary N) is 1. The predicted molar refractivity (Wildman–Crippen MR) is 92.1 cm³/mol. The van der Waals surface area contributed by atoms with E-state index in [1.54, 1.807) is 11.3 Å². The molecule has 0 aliphatic carbocycles. The number of rotatable bonds is 4. The first kappa shape index (κ1) is 16.2. The third-order valence-corrected chi connectivity index (χ3v) is 4.36. The number of nitrogens with zero attached hydrogens (tertiary/aromatic N) is 1. The summed E-state index contributed by atoms with van der Waals surface area (Å²) in [5.74, 6) is 0. The summed E-state index contributed by atoms with van der Waals surface area (Å²) in [5.41, 5.74) is 3.84. The summed E-state index contributed by atoms with van der Waals surface area (Å²) < 4.78 is 0. The molecule has 114 valence electrons. The molecule has 0 amide bonds. The molecule has 1 aromatic carbocycles. The number of thiazole rings is 1. The first-order valence-corrected chi connectivity index (χ1v) is 8.44. The number of aryl methyl sites for hydroxylation is 1. The van der Waals surface area contributed by atoms with Crippen LogP contribution in [0, 0.1) is 6.92 Å². The van der Waals surface area contributed by atoms with Crippen LogP contribution in [0.2, 0.25) is 0 Å². The quantitative estimate of drug-likeness (QED) is 0.874. The van der Waals surface area contributed by atoms with Crippen molar-refractivity contribution < 1.29 is 0 Å². The van der Waals surface area contributed by atoms with Crippen molar-refractivity contribution in [1.29, 1.82) is 0 Å². The van der Waals surface area contributed by atoms with Gasteiger partial charge in [0, 0.05) is 16.8 Å². The van der Waals surface area contributed by atoms with Gasteiger partial charge >= 0.3 is 0 Å². The fourth-order valence-electron chi connectivity index (χ4n) is 2.17. The summed E-state index contributed by atoms with van der Waals surface area (Å²) in [6, 6.07) is 9.33. The van der Waals surface area contributed by atoms with Crippen LogP contribution in [0.1, 0.15) is 62.5 Å². The van der Waals surface area contributed by atoms with Crippen molar-refractivity contribution in [1.82, 2.24) is 10.3 Å². The van der Waals surface area contributed by atoms with Crippen LogP contribution < -0.4 is 5.32 Å². The van der Waals surface area contributed by atoms with Gasteiger partial charge in [0.2, 0.25) is 0 Å². The van der Waals surface area contributed by atoms with Gasteiger partial charge in [-0.1, -0.05) is 50.6 Å². The largest absolute Gasteiger partial charge is 0.302 e. The van der Waals surface area contributed by atoms with Gasteiger partial charge in [-0.2, -0.15) is 0 Å². The van der Waals surface area contributed by atoms with Crippen molar-refractivity contribution in [2.75, 3.05) is 0 Å². The number of benzene rings is 1. The minimum Gasteiger partial charge on any atom is -0.302 e. The topological polar surface area (TPSA) is 24.9 Å². The van der Waals surface area contributed by atoms with E-state index in [-0.39, 0.29) is 11.5 Å². The van der Waals surface area contributed by atoms with Crippen molar-refractivity contribution in [3.8, 4) is 0 Å². The summed E-state index contributed by atoms with van der Waals surface area (Å²) in [4.78, 5) is 4.89. The van der Waals surface area contributed by atoms with E-state index in [9.17, 15) is 0 Å². The Kier molecular flexibility index (Phi) is 4.84. The van der Waals surface area contributed by atoms with Gasteiger partial charge in [-0.25, -0.2) is 4.98 Å². The Bertz CT molecular complexity index is 576. The Balaban J connectivity index is 2.36. The first-order valence-electron chi connectivity index (χ1n) is 7.56. The van der Waals surface area contributed by atoms with E-state index in [1.807, 2.05) is 0 Å². The highest BCUT2D eigenvalue weighted by atomic mass is 32.1. The van der Waals surface area contributed by atoms with Crippen LogP contribution in [0.15, 0.2) is 29.6 Å². The van der Waals surface area contributed by atoms with E-state index in [4.69, 9.17) is 4.98 Å². The molecular formula is C18H26N2S. The van der Waals surface area contributed by atoms with Crippen molar-refractivity contribution in [3.05, 3.63) is 51.5 Å². The van der Waals surface area contributed by atoms with E-state index < -0.39 is 0 Å². The molecule has 1 atom stereocenters. The average Bonchev–Trinajstić information content (AvgIpc) is 2.86. The molecule has 1 aromatic heterocycles. The van der Waals surface area contributed by atoms with E-state index in [2.05, 4.69) is 76.5 Å². The molecule has 0 radical (unpaired) electrons. The molecule has 2 rings (SSSR count). The highest BCUT2D eigenvalue weighted by Crippen LogP contribution is 2.30. The number of hydrogen-bond acceptors (Lipinski definition) is 3. The van der Waals surface area contributed by atoms with E-state index in [0.717, 1.165) is 5.01 Å². The van der Waals surface area contributed by atoms with Crippen molar-refractivity contribution >= 4 is 11.3 Å². The molecular weight excluding hydrogens is 276 g/mol. The average molecular weight is 302 g/mol. The molecule has 1 N–H and O–H groups in total. The second kappa shape index (κ2) is 6.29. The molecule has 3 heteroatoms. The highest BCUT2D eigenvalue weighted by molar-refractivity contribution is 7.09. The molecule has 0 saturated heterocycles. The standard InChI is InChI=1S/C18H26N2S/c1-12(2)19-16(14-9-7-13(3)8-10-14)17-20-15(11-21-17)18(4,5)6/h7-12,16,19H,1-6H3. The van der Waals surface area contributed by atoms with Crippen LogP contribution in [0.25, 0.3) is 0 Å². The van der Waals surface area contributed by atoms with Gasteiger partial charge in [0.25, 0.3) is 0 Å². The predicted octanol–water partition coefficient (Wildman–Crippen LogP) is 4.84. The Labute approximate surface area is 132 Å². The van der Waals surface area contributed by atoms with Gasteiger partial charge in [0.15, 0.2) is 0 Å². The fourth-order valence-corrected chi connectivity index (χ4v) is 3.30. The molecule has 2 aromatic rings. The maximum Gasteiger partial charge on any atom is 0.114 e. The zero-order valence-corrected chi connectivity index (χ0v) is 14.7. The van der Waals surface area contributed by atoms with Crippen LogP contribution in [-0.2, 0) is 5.41 Å². The molecule has 1 heterocycles. The number of aromatic nitrogens is 1. The minimum atomic E-state index is 0.102. The van der Waals surface area contributed by atoms with Crippen LogP contribution in [-0.4, -0.2) is 11.0 Å². The molecule has 0 fully saturated rings. The van der Waals surface area contributed by atoms with Crippen molar-refractivity contribution in [3.63, 3.8) is 0 Å². The van der Waals surface area contributed by atoms with Crippen LogP contribution >= 0.6 is 11.3 Å². The fraction of sp³-hybridized carbons (Fsp3) is 0.500. The van der Waals surface area contributed by atoms with E-state index >= 15 is 0 Å². The maximum absolute atomic E-state index is 4.89. The van der Waals surface area contributed by atoms with Gasteiger partial charge in [-0.15, -0.1) is 11.3 Å². The maximum atomic E-state index is 4.89. The monoisotopic (exact) mass is 302 g/mol. The third kappa shape index (κ3) is 4.14. The molecule has 2 nitrogen and oxygen atoms in total. The molecule has 0 aliphatic rings. The summed E-state index contributed by atoms with van der Waals surface area (Å²) in [5, 5.41) is 6.99. The molecule has 0 saturated carbocycles. The van der Waals surface area contributed by atoms with Gasteiger partial charge in [-0.3, -0.25) is 0 Å². The lowest BCUT2D eigenvalue weighted by Gasteiger charge is -2.20. The van der Waals surface area contributed by atoms with E-state index in [1.165, 1.54) is 16.8 Å². The smallest absolute Gasteiger partial charge is 0.114 e. The second-order valence-corrected chi connectivity index (χ2v) is 7.88. The highest BCUT2D eigenvalue weighted by Gasteiger charge is 2.22. The van der Waals surface area contributed by atoms with Crippen LogP contribution in [0.3, 0.4) is 0 Å². The Morgan fingerprint density at radius 1 is 1.10 bits per heavy atom. The van der Waals surface area contributed by atoms with E-state index in [0.29, 0.717) is 6.04 Å². The molecule has 0 spiro atoms. The third-order valence-electron chi connectivity index (χ3n) is 3.45. The van der Waals surface area contributed by atoms with Gasteiger partial charge in [0.1, 0.15) is 5.01 Å². The van der Waals surface area contributed by atoms with Gasteiger partial charge < -0.3 is 5.32 Å². The zero-order valence-electron chi connectivity index (χ0n) is 13.9. The van der Waals surface area contributed by atoms with Crippen molar-refractivity contribution in [2.45, 2.75) is 59.0 Å². The number of hydrogen-bond donors (Lipinski definition) is 1. The summed E-state index contributed by atoms with van der Waals surface area (Å²) in [6.45, 7) is 13.1. The summed E-state index contributed by atoms with van der Waals surface area (Å²) in [7, 11) is 0. The van der Waals surface area contributed by atoms with Gasteiger partial charge in [-0.05, 0) is 26.3 Å².